The molecule has 6 heteroatoms. The molecule has 0 saturated heterocycles. The van der Waals surface area contributed by atoms with E-state index in [0.29, 0.717) is 21.2 Å². The molecule has 0 atom stereocenters. The number of benzene rings is 1. The van der Waals surface area contributed by atoms with Gasteiger partial charge in [0.1, 0.15) is 5.82 Å². The molecule has 3 nitrogen and oxygen atoms in total. The van der Waals surface area contributed by atoms with Crippen LogP contribution in [0.1, 0.15) is 24.6 Å². The third-order valence-electron chi connectivity index (χ3n) is 3.04. The number of nitrogens with one attached hydrogen (secondary N) is 1. The van der Waals surface area contributed by atoms with Crippen LogP contribution in [0, 0.1) is 12.7 Å². The summed E-state index contributed by atoms with van der Waals surface area (Å²) in [4.78, 5) is 4.45. The zero-order chi connectivity index (χ0) is 13.6. The molecule has 0 unspecified atom stereocenters. The van der Waals surface area contributed by atoms with E-state index in [1.807, 2.05) is 13.1 Å². The predicted molar refractivity (Wildman–Crippen MR) is 77.6 cm³/mol. The lowest BCUT2D eigenvalue weighted by Crippen LogP contribution is -2.02. The van der Waals surface area contributed by atoms with E-state index in [9.17, 15) is 4.39 Å². The van der Waals surface area contributed by atoms with Crippen LogP contribution in [-0.4, -0.2) is 9.55 Å². The van der Waals surface area contributed by atoms with Crippen LogP contribution in [0.2, 0.25) is 5.02 Å². The van der Waals surface area contributed by atoms with Crippen molar-refractivity contribution in [3.63, 3.8) is 0 Å². The highest BCUT2D eigenvalue weighted by Gasteiger charge is 2.26. The largest absolute Gasteiger partial charge is 0.323 e. The third kappa shape index (κ3) is 2.62. The molecule has 0 aliphatic heterocycles. The van der Waals surface area contributed by atoms with Gasteiger partial charge in [0, 0.05) is 16.7 Å². The number of rotatable bonds is 3. The first-order chi connectivity index (χ1) is 9.04. The Morgan fingerprint density at radius 3 is 2.84 bits per heavy atom. The molecule has 1 aromatic heterocycles. The second-order valence-electron chi connectivity index (χ2n) is 4.71. The quantitative estimate of drug-likeness (QED) is 0.864. The lowest BCUT2D eigenvalue weighted by molar-refractivity contribution is 0.627. The summed E-state index contributed by atoms with van der Waals surface area (Å²) in [6.07, 6.45) is 4.36. The monoisotopic (exact) mass is 343 g/mol. The molecular formula is C13H12BrClFN3. The third-order valence-corrected chi connectivity index (χ3v) is 3.96. The smallest absolute Gasteiger partial charge is 0.207 e. The highest BCUT2D eigenvalue weighted by atomic mass is 79.9. The van der Waals surface area contributed by atoms with Crippen LogP contribution in [0.5, 0.6) is 0 Å². The van der Waals surface area contributed by atoms with E-state index in [-0.39, 0.29) is 5.82 Å². The summed E-state index contributed by atoms with van der Waals surface area (Å²) < 4.78 is 15.9. The van der Waals surface area contributed by atoms with Gasteiger partial charge in [0.15, 0.2) is 0 Å². The minimum atomic E-state index is -0.371. The Morgan fingerprint density at radius 1 is 1.47 bits per heavy atom. The second kappa shape index (κ2) is 4.80. The number of imidazole rings is 1. The summed E-state index contributed by atoms with van der Waals surface area (Å²) in [5, 5.41) is 3.51. The summed E-state index contributed by atoms with van der Waals surface area (Å²) >= 11 is 9.38. The van der Waals surface area contributed by atoms with Crippen molar-refractivity contribution in [1.29, 1.82) is 0 Å². The first kappa shape index (κ1) is 12.9. The van der Waals surface area contributed by atoms with Gasteiger partial charge in [-0.25, -0.2) is 9.37 Å². The summed E-state index contributed by atoms with van der Waals surface area (Å²) in [7, 11) is 0. The number of aryl methyl sites for hydroxylation is 1. The van der Waals surface area contributed by atoms with Crippen LogP contribution in [0.3, 0.4) is 0 Å². The van der Waals surface area contributed by atoms with Gasteiger partial charge in [0.2, 0.25) is 5.95 Å². The highest BCUT2D eigenvalue weighted by Crippen LogP contribution is 2.39. The Balaban J connectivity index is 1.97. The minimum Gasteiger partial charge on any atom is -0.323 e. The van der Waals surface area contributed by atoms with Crippen molar-refractivity contribution in [2.24, 2.45) is 0 Å². The van der Waals surface area contributed by atoms with Crippen LogP contribution < -0.4 is 5.32 Å². The molecule has 3 rings (SSSR count). The lowest BCUT2D eigenvalue weighted by atomic mass is 10.3. The maximum Gasteiger partial charge on any atom is 0.207 e. The van der Waals surface area contributed by atoms with Gasteiger partial charge < -0.3 is 9.88 Å². The van der Waals surface area contributed by atoms with Gasteiger partial charge >= 0.3 is 0 Å². The van der Waals surface area contributed by atoms with Gasteiger partial charge in [0.25, 0.3) is 0 Å². The molecule has 1 fully saturated rings. The zero-order valence-corrected chi connectivity index (χ0v) is 12.6. The van der Waals surface area contributed by atoms with Crippen LogP contribution in [0.4, 0.5) is 16.0 Å². The average molecular weight is 345 g/mol. The van der Waals surface area contributed by atoms with Crippen molar-refractivity contribution >= 4 is 39.2 Å². The fraction of sp³-hybridized carbons (Fsp3) is 0.308. The van der Waals surface area contributed by atoms with Crippen molar-refractivity contribution in [1.82, 2.24) is 9.55 Å². The molecule has 0 bridgehead atoms. The predicted octanol–water partition coefficient (Wildman–Crippen LogP) is 4.83. The fourth-order valence-corrected chi connectivity index (χ4v) is 2.91. The van der Waals surface area contributed by atoms with Crippen molar-refractivity contribution in [2.75, 3.05) is 5.32 Å². The number of nitrogens with zero attached hydrogens (tertiary/aromatic N) is 2. The summed E-state index contributed by atoms with van der Waals surface area (Å²) in [6.45, 7) is 1.95. The van der Waals surface area contributed by atoms with Crippen molar-refractivity contribution in [2.45, 2.75) is 25.8 Å². The molecule has 19 heavy (non-hydrogen) atoms. The van der Waals surface area contributed by atoms with Crippen LogP contribution in [0.25, 0.3) is 0 Å². The topological polar surface area (TPSA) is 29.9 Å². The summed E-state index contributed by atoms with van der Waals surface area (Å²) in [5.41, 5.74) is 1.58. The van der Waals surface area contributed by atoms with Gasteiger partial charge in [-0.2, -0.15) is 0 Å². The first-order valence-corrected chi connectivity index (χ1v) is 7.18. The first-order valence-electron chi connectivity index (χ1n) is 6.01. The summed E-state index contributed by atoms with van der Waals surface area (Å²) in [5.74, 6) is 0.373. The molecule has 1 aliphatic carbocycles. The normalized spacial score (nSPS) is 14.7. The Bertz CT molecular complexity index is 614. The van der Waals surface area contributed by atoms with E-state index in [4.69, 9.17) is 11.6 Å². The zero-order valence-electron chi connectivity index (χ0n) is 10.3. The second-order valence-corrected chi connectivity index (χ2v) is 5.98. The van der Waals surface area contributed by atoms with E-state index in [1.54, 1.807) is 0 Å². The van der Waals surface area contributed by atoms with E-state index in [1.165, 1.54) is 25.0 Å². The van der Waals surface area contributed by atoms with Gasteiger partial charge in [-0.1, -0.05) is 11.6 Å². The number of hydrogen-bond donors (Lipinski definition) is 1. The number of halogens is 3. The minimum absolute atomic E-state index is 0.329. The number of anilines is 2. The molecule has 0 radical (unpaired) electrons. The molecule has 0 amide bonds. The van der Waals surface area contributed by atoms with Gasteiger partial charge in [-0.3, -0.25) is 0 Å². The van der Waals surface area contributed by atoms with E-state index in [2.05, 4.69) is 30.8 Å². The highest BCUT2D eigenvalue weighted by molar-refractivity contribution is 9.10. The van der Waals surface area contributed by atoms with Crippen molar-refractivity contribution in [3.8, 4) is 0 Å². The maximum absolute atomic E-state index is 13.2. The van der Waals surface area contributed by atoms with Crippen LogP contribution in [0.15, 0.2) is 22.8 Å². The number of aromatic nitrogens is 2. The Hall–Kier alpha value is -1.07. The standard InChI is InChI=1S/C13H12BrClFN3/c1-7-6-19(9-2-3-9)13(17-7)18-12-10(14)4-8(16)5-11(12)15/h4-6,9H,2-3H2,1H3,(H,17,18). The molecule has 2 aromatic rings. The van der Waals surface area contributed by atoms with Gasteiger partial charge in [-0.15, -0.1) is 0 Å². The van der Waals surface area contributed by atoms with Crippen molar-refractivity contribution in [3.05, 3.63) is 39.3 Å². The molecule has 1 aromatic carbocycles. The van der Waals surface area contributed by atoms with Gasteiger partial charge in [0.05, 0.1) is 16.4 Å². The molecule has 100 valence electrons. The maximum atomic E-state index is 13.2. The molecule has 1 N–H and O–H groups in total. The number of hydrogen-bond acceptors (Lipinski definition) is 2. The molecule has 0 spiro atoms. The molecule has 1 aliphatic rings. The molecule has 1 heterocycles. The van der Waals surface area contributed by atoms with E-state index >= 15 is 0 Å². The van der Waals surface area contributed by atoms with E-state index in [0.717, 1.165) is 11.6 Å². The average Bonchev–Trinajstić information content (AvgIpc) is 3.08. The lowest BCUT2D eigenvalue weighted by Gasteiger charge is -2.12. The summed E-state index contributed by atoms with van der Waals surface area (Å²) in [6, 6.07) is 3.18. The Labute approximate surface area is 123 Å². The Kier molecular flexibility index (Phi) is 3.27. The SMILES string of the molecule is Cc1cn(C2CC2)c(Nc2c(Cl)cc(F)cc2Br)n1. The molecular weight excluding hydrogens is 333 g/mol. The fourth-order valence-electron chi connectivity index (χ4n) is 2.01. The van der Waals surface area contributed by atoms with Crippen LogP contribution >= 0.6 is 27.5 Å². The molecule has 1 saturated carbocycles. The Morgan fingerprint density at radius 2 is 2.21 bits per heavy atom. The van der Waals surface area contributed by atoms with Crippen molar-refractivity contribution < 1.29 is 4.39 Å². The van der Waals surface area contributed by atoms with E-state index < -0.39 is 0 Å². The van der Waals surface area contributed by atoms with Gasteiger partial charge in [-0.05, 0) is 47.8 Å². The van der Waals surface area contributed by atoms with Crippen LogP contribution in [-0.2, 0) is 0 Å².